The maximum Gasteiger partial charge on any atom is 0.289 e. The Hall–Kier alpha value is -3.00. The van der Waals surface area contributed by atoms with Gasteiger partial charge < -0.3 is 9.32 Å². The number of hydrogen-bond acceptors (Lipinski definition) is 5. The summed E-state index contributed by atoms with van der Waals surface area (Å²) in [5.41, 5.74) is -0.0124. The summed E-state index contributed by atoms with van der Waals surface area (Å²) in [5.74, 6) is -1.35. The molecule has 7 nitrogen and oxygen atoms in total. The van der Waals surface area contributed by atoms with Crippen LogP contribution in [0.25, 0.3) is 0 Å². The average Bonchev–Trinajstić information content (AvgIpc) is 3.31. The molecule has 1 aromatic heterocycles. The summed E-state index contributed by atoms with van der Waals surface area (Å²) in [6, 6.07) is 8.39. The highest BCUT2D eigenvalue weighted by atomic mass is 19.1. The van der Waals surface area contributed by atoms with E-state index in [0.717, 1.165) is 4.90 Å². The van der Waals surface area contributed by atoms with E-state index in [-0.39, 0.29) is 23.8 Å². The first-order valence-corrected chi connectivity index (χ1v) is 8.74. The minimum absolute atomic E-state index is 0.0124. The number of benzene rings is 1. The topological polar surface area (TPSA) is 74.1 Å². The van der Waals surface area contributed by atoms with Crippen LogP contribution in [0.2, 0.25) is 0 Å². The summed E-state index contributed by atoms with van der Waals surface area (Å²) in [7, 11) is 0. The van der Waals surface area contributed by atoms with Crippen molar-refractivity contribution in [3.8, 4) is 0 Å². The van der Waals surface area contributed by atoms with E-state index < -0.39 is 23.7 Å². The molecule has 2 aliphatic rings. The molecule has 1 atom stereocenters. The van der Waals surface area contributed by atoms with Crippen molar-refractivity contribution in [3.63, 3.8) is 0 Å². The molecule has 0 unspecified atom stereocenters. The normalized spacial score (nSPS) is 21.1. The summed E-state index contributed by atoms with van der Waals surface area (Å²) in [6.07, 6.45) is 1.46. The fraction of sp³-hybridized carbons (Fsp3) is 0.316. The Bertz CT molecular complexity index is 875. The molecule has 0 radical (unpaired) electrons. The summed E-state index contributed by atoms with van der Waals surface area (Å²) in [4.78, 5) is 41.9. The smallest absolute Gasteiger partial charge is 0.289 e. The third kappa shape index (κ3) is 3.12. The highest BCUT2D eigenvalue weighted by Crippen LogP contribution is 2.28. The van der Waals surface area contributed by atoms with Crippen LogP contribution in [0.15, 0.2) is 47.1 Å². The molecule has 0 bridgehead atoms. The Morgan fingerprint density at radius 2 is 1.78 bits per heavy atom. The number of para-hydroxylation sites is 1. The maximum atomic E-state index is 14.0. The molecule has 0 saturated carbocycles. The summed E-state index contributed by atoms with van der Waals surface area (Å²) < 4.78 is 19.2. The van der Waals surface area contributed by atoms with Crippen LogP contribution in [0.3, 0.4) is 0 Å². The number of imide groups is 1. The van der Waals surface area contributed by atoms with Gasteiger partial charge in [0.25, 0.3) is 11.8 Å². The number of halogens is 1. The average molecular weight is 371 g/mol. The second-order valence-corrected chi connectivity index (χ2v) is 6.54. The number of carbonyl (C=O) groups is 3. The van der Waals surface area contributed by atoms with E-state index in [0.29, 0.717) is 26.2 Å². The zero-order valence-corrected chi connectivity index (χ0v) is 14.5. The van der Waals surface area contributed by atoms with Crippen LogP contribution in [0.4, 0.5) is 10.1 Å². The number of anilines is 1. The van der Waals surface area contributed by atoms with E-state index in [1.54, 1.807) is 23.1 Å². The number of nitrogens with zero attached hydrogens (tertiary/aromatic N) is 3. The number of carbonyl (C=O) groups excluding carboxylic acids is 3. The lowest BCUT2D eigenvalue weighted by Crippen LogP contribution is -2.53. The lowest BCUT2D eigenvalue weighted by molar-refractivity contribution is -0.123. The molecule has 2 saturated heterocycles. The number of furan rings is 1. The molecule has 3 amide bonds. The summed E-state index contributed by atoms with van der Waals surface area (Å²) in [6.45, 7) is 1.77. The number of piperazine rings is 1. The van der Waals surface area contributed by atoms with Gasteiger partial charge in [-0.1, -0.05) is 12.1 Å². The standard InChI is InChI=1S/C19H18FN3O4/c20-13-4-1-2-5-14(13)23-17(24)12-15(18(23)25)21-7-9-22(10-8-21)19(26)16-6-3-11-27-16/h1-6,11,15H,7-10,12H2/t15-/m0/s1. The van der Waals surface area contributed by atoms with Gasteiger partial charge in [0, 0.05) is 26.2 Å². The van der Waals surface area contributed by atoms with Gasteiger partial charge in [-0.2, -0.15) is 0 Å². The van der Waals surface area contributed by atoms with Crippen molar-refractivity contribution in [2.75, 3.05) is 31.1 Å². The first-order chi connectivity index (χ1) is 13.1. The van der Waals surface area contributed by atoms with E-state index in [4.69, 9.17) is 4.42 Å². The van der Waals surface area contributed by atoms with Gasteiger partial charge in [-0.05, 0) is 24.3 Å². The molecule has 140 valence electrons. The molecule has 0 spiro atoms. The third-order valence-electron chi connectivity index (χ3n) is 4.99. The molecule has 2 fully saturated rings. The van der Waals surface area contributed by atoms with E-state index in [9.17, 15) is 18.8 Å². The molecule has 8 heteroatoms. The van der Waals surface area contributed by atoms with Crippen LogP contribution >= 0.6 is 0 Å². The quantitative estimate of drug-likeness (QED) is 0.765. The monoisotopic (exact) mass is 371 g/mol. The lowest BCUT2D eigenvalue weighted by Gasteiger charge is -2.36. The van der Waals surface area contributed by atoms with E-state index in [1.807, 2.05) is 4.90 Å². The number of hydrogen-bond donors (Lipinski definition) is 0. The number of amides is 3. The molecular formula is C19H18FN3O4. The second kappa shape index (κ2) is 6.96. The van der Waals surface area contributed by atoms with E-state index in [2.05, 4.69) is 0 Å². The van der Waals surface area contributed by atoms with Gasteiger partial charge in [-0.25, -0.2) is 9.29 Å². The van der Waals surface area contributed by atoms with Gasteiger partial charge in [0.05, 0.1) is 24.4 Å². The SMILES string of the molecule is O=C(c1ccco1)N1CCN([C@H]2CC(=O)N(c3ccccc3F)C2=O)CC1. The zero-order chi connectivity index (χ0) is 19.0. The minimum Gasteiger partial charge on any atom is -0.459 e. The van der Waals surface area contributed by atoms with Crippen LogP contribution in [-0.2, 0) is 9.59 Å². The van der Waals surface area contributed by atoms with Crippen molar-refractivity contribution in [3.05, 3.63) is 54.2 Å². The van der Waals surface area contributed by atoms with E-state index in [1.165, 1.54) is 24.5 Å². The zero-order valence-electron chi connectivity index (χ0n) is 14.5. The predicted molar refractivity (Wildman–Crippen MR) is 93.5 cm³/mol. The van der Waals surface area contributed by atoms with Gasteiger partial charge in [0.1, 0.15) is 5.82 Å². The van der Waals surface area contributed by atoms with Crippen molar-refractivity contribution < 1.29 is 23.2 Å². The van der Waals surface area contributed by atoms with Crippen LogP contribution in [0.1, 0.15) is 17.0 Å². The molecule has 0 N–H and O–H groups in total. The van der Waals surface area contributed by atoms with Gasteiger partial charge >= 0.3 is 0 Å². The molecule has 2 aliphatic heterocycles. The summed E-state index contributed by atoms with van der Waals surface area (Å²) in [5, 5.41) is 0. The van der Waals surface area contributed by atoms with Crippen molar-refractivity contribution in [2.45, 2.75) is 12.5 Å². The van der Waals surface area contributed by atoms with Crippen LogP contribution in [-0.4, -0.2) is 59.7 Å². The van der Waals surface area contributed by atoms with E-state index >= 15 is 0 Å². The Morgan fingerprint density at radius 3 is 2.44 bits per heavy atom. The van der Waals surface area contributed by atoms with Crippen molar-refractivity contribution in [1.29, 1.82) is 0 Å². The lowest BCUT2D eigenvalue weighted by atomic mass is 10.1. The van der Waals surface area contributed by atoms with Crippen LogP contribution in [0.5, 0.6) is 0 Å². The van der Waals surface area contributed by atoms with Crippen molar-refractivity contribution >= 4 is 23.4 Å². The first kappa shape index (κ1) is 17.4. The second-order valence-electron chi connectivity index (χ2n) is 6.54. The fourth-order valence-electron chi connectivity index (χ4n) is 3.58. The highest BCUT2D eigenvalue weighted by Gasteiger charge is 2.44. The molecular weight excluding hydrogens is 353 g/mol. The van der Waals surface area contributed by atoms with Gasteiger partial charge in [-0.15, -0.1) is 0 Å². The number of rotatable bonds is 3. The van der Waals surface area contributed by atoms with Crippen molar-refractivity contribution in [2.24, 2.45) is 0 Å². The van der Waals surface area contributed by atoms with Crippen LogP contribution < -0.4 is 4.90 Å². The molecule has 3 heterocycles. The molecule has 2 aromatic rings. The Labute approximate surface area is 154 Å². The maximum absolute atomic E-state index is 14.0. The van der Waals surface area contributed by atoms with Gasteiger partial charge in [-0.3, -0.25) is 19.3 Å². The molecule has 27 heavy (non-hydrogen) atoms. The van der Waals surface area contributed by atoms with Gasteiger partial charge in [0.15, 0.2) is 5.76 Å². The fourth-order valence-corrected chi connectivity index (χ4v) is 3.58. The van der Waals surface area contributed by atoms with Crippen molar-refractivity contribution in [1.82, 2.24) is 9.80 Å². The minimum atomic E-state index is -0.627. The largest absolute Gasteiger partial charge is 0.459 e. The Kier molecular flexibility index (Phi) is 4.49. The highest BCUT2D eigenvalue weighted by molar-refractivity contribution is 6.22. The Morgan fingerprint density at radius 1 is 1.04 bits per heavy atom. The third-order valence-corrected chi connectivity index (χ3v) is 4.99. The molecule has 1 aromatic carbocycles. The predicted octanol–water partition coefficient (Wildman–Crippen LogP) is 1.51. The first-order valence-electron chi connectivity index (χ1n) is 8.74. The Balaban J connectivity index is 1.43. The molecule has 0 aliphatic carbocycles. The summed E-state index contributed by atoms with van der Waals surface area (Å²) >= 11 is 0. The molecule has 4 rings (SSSR count). The van der Waals surface area contributed by atoms with Crippen LogP contribution in [0, 0.1) is 5.82 Å². The van der Waals surface area contributed by atoms with Gasteiger partial charge in [0.2, 0.25) is 5.91 Å².